The number of phenolic OH excluding ortho intramolecular Hbond substituents is 1. The number of hydrogen-bond acceptors (Lipinski definition) is 3. The van der Waals surface area contributed by atoms with Gasteiger partial charge in [-0.3, -0.25) is 0 Å². The Hall–Kier alpha value is -1.38. The first-order valence-corrected chi connectivity index (χ1v) is 3.77. The molecule has 0 radical (unpaired) electrons. The maximum atomic E-state index is 9.35. The lowest BCUT2D eigenvalue weighted by atomic mass is 10.3. The monoisotopic (exact) mass is 168 g/mol. The van der Waals surface area contributed by atoms with Crippen molar-refractivity contribution in [1.29, 1.82) is 0 Å². The second-order valence-electron chi connectivity index (χ2n) is 2.27. The molecule has 0 saturated heterocycles. The zero-order valence-electron chi connectivity index (χ0n) is 7.20. The van der Waals surface area contributed by atoms with E-state index >= 15 is 0 Å². The van der Waals surface area contributed by atoms with E-state index in [1.54, 1.807) is 19.2 Å². The molecule has 0 amide bonds. The van der Waals surface area contributed by atoms with E-state index in [9.17, 15) is 5.11 Å². The molecule has 0 aliphatic carbocycles. The predicted octanol–water partition coefficient (Wildman–Crippen LogP) is 1.80. The number of aromatic hydroxyl groups is 1. The summed E-state index contributed by atoms with van der Waals surface area (Å²) in [6, 6.07) is 4.94. The molecular weight excluding hydrogens is 156 g/mol. The summed E-state index contributed by atoms with van der Waals surface area (Å²) in [5.41, 5.74) is 0. The van der Waals surface area contributed by atoms with Crippen LogP contribution in [0.5, 0.6) is 17.2 Å². The average Bonchev–Trinajstić information content (AvgIpc) is 2.09. The number of methoxy groups -OCH3 is 1. The van der Waals surface area contributed by atoms with Gasteiger partial charge in [0.15, 0.2) is 11.5 Å². The van der Waals surface area contributed by atoms with Gasteiger partial charge in [0, 0.05) is 6.07 Å². The fourth-order valence-corrected chi connectivity index (χ4v) is 0.902. The van der Waals surface area contributed by atoms with Crippen LogP contribution >= 0.6 is 0 Å². The van der Waals surface area contributed by atoms with Gasteiger partial charge in [0.05, 0.1) is 13.7 Å². The highest BCUT2D eigenvalue weighted by molar-refractivity contribution is 5.44. The van der Waals surface area contributed by atoms with Crippen molar-refractivity contribution in [3.63, 3.8) is 0 Å². The highest BCUT2D eigenvalue weighted by Crippen LogP contribution is 2.29. The molecule has 0 aliphatic heterocycles. The first-order valence-electron chi connectivity index (χ1n) is 3.77. The normalized spacial score (nSPS) is 9.50. The second kappa shape index (κ2) is 3.85. The number of rotatable bonds is 3. The zero-order valence-corrected chi connectivity index (χ0v) is 7.20. The van der Waals surface area contributed by atoms with Gasteiger partial charge in [0.1, 0.15) is 5.75 Å². The van der Waals surface area contributed by atoms with Crippen LogP contribution in [0.1, 0.15) is 6.92 Å². The molecule has 1 rings (SSSR count). The molecule has 12 heavy (non-hydrogen) atoms. The van der Waals surface area contributed by atoms with Crippen molar-refractivity contribution in [3.8, 4) is 17.2 Å². The number of benzene rings is 1. The molecule has 0 atom stereocenters. The van der Waals surface area contributed by atoms with Gasteiger partial charge in [-0.15, -0.1) is 0 Å². The molecule has 1 aromatic carbocycles. The highest BCUT2D eigenvalue weighted by Gasteiger charge is 2.01. The third-order valence-corrected chi connectivity index (χ3v) is 1.47. The van der Waals surface area contributed by atoms with E-state index in [0.717, 1.165) is 0 Å². The van der Waals surface area contributed by atoms with E-state index in [4.69, 9.17) is 9.47 Å². The van der Waals surface area contributed by atoms with Gasteiger partial charge < -0.3 is 14.6 Å². The molecule has 0 saturated carbocycles. The van der Waals surface area contributed by atoms with E-state index in [2.05, 4.69) is 0 Å². The fourth-order valence-electron chi connectivity index (χ4n) is 0.902. The molecule has 0 aliphatic rings. The smallest absolute Gasteiger partial charge is 0.161 e. The van der Waals surface area contributed by atoms with Crippen molar-refractivity contribution in [2.75, 3.05) is 13.7 Å². The Morgan fingerprint density at radius 2 is 2.17 bits per heavy atom. The van der Waals surface area contributed by atoms with Crippen LogP contribution in [0.15, 0.2) is 18.2 Å². The van der Waals surface area contributed by atoms with E-state index < -0.39 is 0 Å². The Balaban J connectivity index is 2.87. The van der Waals surface area contributed by atoms with E-state index in [1.807, 2.05) is 6.92 Å². The van der Waals surface area contributed by atoms with Gasteiger partial charge in [0.25, 0.3) is 0 Å². The van der Waals surface area contributed by atoms with Crippen molar-refractivity contribution in [2.24, 2.45) is 0 Å². The van der Waals surface area contributed by atoms with Crippen LogP contribution in [0, 0.1) is 0 Å². The van der Waals surface area contributed by atoms with Crippen LogP contribution in [-0.4, -0.2) is 18.8 Å². The maximum absolute atomic E-state index is 9.35. The third kappa shape index (κ3) is 1.81. The average molecular weight is 168 g/mol. The number of phenols is 1. The summed E-state index contributed by atoms with van der Waals surface area (Å²) >= 11 is 0. The lowest BCUT2D eigenvalue weighted by Crippen LogP contribution is -1.92. The Morgan fingerprint density at radius 1 is 1.42 bits per heavy atom. The number of ether oxygens (including phenoxy) is 2. The Morgan fingerprint density at radius 3 is 2.67 bits per heavy atom. The minimum Gasteiger partial charge on any atom is -0.504 e. The summed E-state index contributed by atoms with van der Waals surface area (Å²) in [5, 5.41) is 9.35. The summed E-state index contributed by atoms with van der Waals surface area (Å²) in [6.45, 7) is 2.41. The molecule has 0 spiro atoms. The minimum absolute atomic E-state index is 0.108. The third-order valence-electron chi connectivity index (χ3n) is 1.47. The van der Waals surface area contributed by atoms with Crippen molar-refractivity contribution >= 4 is 0 Å². The SMILES string of the molecule is CCOc1ccc(OC)cc1O. The van der Waals surface area contributed by atoms with Gasteiger partial charge in [0.2, 0.25) is 0 Å². The molecule has 0 fully saturated rings. The fraction of sp³-hybridized carbons (Fsp3) is 0.333. The maximum Gasteiger partial charge on any atom is 0.161 e. The molecule has 1 N–H and O–H groups in total. The number of hydrogen-bond donors (Lipinski definition) is 1. The predicted molar refractivity (Wildman–Crippen MR) is 45.8 cm³/mol. The molecule has 0 aromatic heterocycles. The highest BCUT2D eigenvalue weighted by atomic mass is 16.5. The van der Waals surface area contributed by atoms with Crippen LogP contribution in [0.3, 0.4) is 0 Å². The lowest BCUT2D eigenvalue weighted by molar-refractivity contribution is 0.316. The molecule has 0 bridgehead atoms. The zero-order chi connectivity index (χ0) is 8.97. The van der Waals surface area contributed by atoms with Crippen LogP contribution in [-0.2, 0) is 0 Å². The van der Waals surface area contributed by atoms with Gasteiger partial charge in [-0.1, -0.05) is 0 Å². The van der Waals surface area contributed by atoms with Crippen LogP contribution in [0.25, 0.3) is 0 Å². The minimum atomic E-state index is 0.108. The summed E-state index contributed by atoms with van der Waals surface area (Å²) in [7, 11) is 1.55. The van der Waals surface area contributed by atoms with Crippen LogP contribution < -0.4 is 9.47 Å². The van der Waals surface area contributed by atoms with Crippen molar-refractivity contribution in [2.45, 2.75) is 6.92 Å². The Labute approximate surface area is 71.5 Å². The summed E-state index contributed by atoms with van der Waals surface area (Å²) in [5.74, 6) is 1.21. The first-order chi connectivity index (χ1) is 5.77. The molecule has 0 unspecified atom stereocenters. The van der Waals surface area contributed by atoms with Gasteiger partial charge in [-0.05, 0) is 19.1 Å². The van der Waals surface area contributed by atoms with Crippen molar-refractivity contribution in [1.82, 2.24) is 0 Å². The van der Waals surface area contributed by atoms with Crippen molar-refractivity contribution < 1.29 is 14.6 Å². The Bertz CT molecular complexity index is 258. The molecular formula is C9H12O3. The van der Waals surface area contributed by atoms with Gasteiger partial charge in [-0.2, -0.15) is 0 Å². The van der Waals surface area contributed by atoms with Crippen LogP contribution in [0.4, 0.5) is 0 Å². The Kier molecular flexibility index (Phi) is 2.80. The topological polar surface area (TPSA) is 38.7 Å². The largest absolute Gasteiger partial charge is 0.504 e. The van der Waals surface area contributed by atoms with Crippen molar-refractivity contribution in [3.05, 3.63) is 18.2 Å². The van der Waals surface area contributed by atoms with Gasteiger partial charge >= 0.3 is 0 Å². The van der Waals surface area contributed by atoms with Crippen LogP contribution in [0.2, 0.25) is 0 Å². The summed E-state index contributed by atoms with van der Waals surface area (Å²) in [6.07, 6.45) is 0. The molecule has 66 valence electrons. The van der Waals surface area contributed by atoms with E-state index in [0.29, 0.717) is 18.1 Å². The van der Waals surface area contributed by atoms with Gasteiger partial charge in [-0.25, -0.2) is 0 Å². The molecule has 0 heterocycles. The standard InChI is InChI=1S/C9H12O3/c1-3-12-9-5-4-7(11-2)6-8(9)10/h4-6,10H,3H2,1-2H3. The second-order valence-corrected chi connectivity index (χ2v) is 2.27. The molecule has 3 heteroatoms. The summed E-state index contributed by atoms with van der Waals surface area (Å²) < 4.78 is 10.0. The molecule has 3 nitrogen and oxygen atoms in total. The first kappa shape index (κ1) is 8.71. The lowest BCUT2D eigenvalue weighted by Gasteiger charge is -2.06. The molecule has 1 aromatic rings. The van der Waals surface area contributed by atoms with E-state index in [1.165, 1.54) is 6.07 Å². The van der Waals surface area contributed by atoms with E-state index in [-0.39, 0.29) is 5.75 Å². The quantitative estimate of drug-likeness (QED) is 0.747. The summed E-state index contributed by atoms with van der Waals surface area (Å²) in [4.78, 5) is 0.